The zero-order chi connectivity index (χ0) is 12.1. The van der Waals surface area contributed by atoms with Gasteiger partial charge in [-0.05, 0) is 20.3 Å². The van der Waals surface area contributed by atoms with Crippen LogP contribution >= 0.6 is 0 Å². The zero-order valence-corrected chi connectivity index (χ0v) is 9.84. The molecular weight excluding hydrogens is 206 g/mol. The van der Waals surface area contributed by atoms with E-state index in [9.17, 15) is 4.79 Å². The minimum absolute atomic E-state index is 0.173. The van der Waals surface area contributed by atoms with Crippen molar-refractivity contribution < 1.29 is 9.90 Å². The molecular formula is C11H17N3O2. The van der Waals surface area contributed by atoms with Crippen LogP contribution in [-0.2, 0) is 0 Å². The Morgan fingerprint density at radius 1 is 1.50 bits per heavy atom. The maximum absolute atomic E-state index is 11.8. The summed E-state index contributed by atoms with van der Waals surface area (Å²) in [7, 11) is 1.69. The quantitative estimate of drug-likeness (QED) is 0.813. The molecule has 0 aromatic carbocycles. The van der Waals surface area contributed by atoms with Crippen LogP contribution in [0.25, 0.3) is 0 Å². The lowest BCUT2D eigenvalue weighted by molar-refractivity contribution is 0.0762. The van der Waals surface area contributed by atoms with Crippen LogP contribution in [0, 0.1) is 6.92 Å². The standard InChI is InChI=1S/C11H17N3O2/c1-8-6-13-10(7-12-8)11(16)14(3)5-4-9(2)15/h6-7,9,15H,4-5H2,1-3H3. The summed E-state index contributed by atoms with van der Waals surface area (Å²) < 4.78 is 0. The van der Waals surface area contributed by atoms with Gasteiger partial charge in [0, 0.05) is 19.8 Å². The number of aryl methyl sites for hydroxylation is 1. The van der Waals surface area contributed by atoms with Crippen molar-refractivity contribution in [2.45, 2.75) is 26.4 Å². The molecule has 1 rings (SSSR count). The molecule has 0 aliphatic heterocycles. The Hall–Kier alpha value is -1.49. The molecule has 5 nitrogen and oxygen atoms in total. The van der Waals surface area contributed by atoms with E-state index in [0.29, 0.717) is 18.7 Å². The normalized spacial score (nSPS) is 12.2. The number of carbonyl (C=O) groups excluding carboxylic acids is 1. The Kier molecular flexibility index (Phi) is 4.37. The Morgan fingerprint density at radius 3 is 2.69 bits per heavy atom. The minimum Gasteiger partial charge on any atom is -0.393 e. The molecule has 88 valence electrons. The average Bonchev–Trinajstić information content (AvgIpc) is 2.26. The highest BCUT2D eigenvalue weighted by atomic mass is 16.3. The van der Waals surface area contributed by atoms with Crippen molar-refractivity contribution in [3.05, 3.63) is 23.8 Å². The molecule has 0 aliphatic carbocycles. The van der Waals surface area contributed by atoms with Gasteiger partial charge in [0.05, 0.1) is 18.0 Å². The predicted octanol–water partition coefficient (Wildman–Crippen LogP) is 0.628. The summed E-state index contributed by atoms with van der Waals surface area (Å²) in [5.41, 5.74) is 1.11. The third-order valence-electron chi connectivity index (χ3n) is 2.23. The predicted molar refractivity (Wildman–Crippen MR) is 60.0 cm³/mol. The molecule has 0 fully saturated rings. The van der Waals surface area contributed by atoms with Crippen molar-refractivity contribution in [3.8, 4) is 0 Å². The highest BCUT2D eigenvalue weighted by molar-refractivity contribution is 5.91. The van der Waals surface area contributed by atoms with Crippen molar-refractivity contribution in [1.29, 1.82) is 0 Å². The lowest BCUT2D eigenvalue weighted by Crippen LogP contribution is -2.30. The highest BCUT2D eigenvalue weighted by Gasteiger charge is 2.13. The van der Waals surface area contributed by atoms with E-state index in [4.69, 9.17) is 5.11 Å². The second-order valence-electron chi connectivity index (χ2n) is 3.91. The number of aromatic nitrogens is 2. The van der Waals surface area contributed by atoms with E-state index in [1.54, 1.807) is 20.2 Å². The number of amides is 1. The van der Waals surface area contributed by atoms with Gasteiger partial charge in [0.15, 0.2) is 0 Å². The lowest BCUT2D eigenvalue weighted by atomic mass is 10.2. The van der Waals surface area contributed by atoms with Crippen molar-refractivity contribution in [1.82, 2.24) is 14.9 Å². The number of hydrogen-bond acceptors (Lipinski definition) is 4. The van der Waals surface area contributed by atoms with Crippen molar-refractivity contribution in [2.75, 3.05) is 13.6 Å². The molecule has 5 heteroatoms. The number of hydrogen-bond donors (Lipinski definition) is 1. The largest absolute Gasteiger partial charge is 0.393 e. The van der Waals surface area contributed by atoms with E-state index >= 15 is 0 Å². The van der Waals surface area contributed by atoms with Crippen LogP contribution in [0.4, 0.5) is 0 Å². The van der Waals surface area contributed by atoms with Crippen LogP contribution in [0.3, 0.4) is 0 Å². The van der Waals surface area contributed by atoms with E-state index in [1.165, 1.54) is 11.1 Å². The van der Waals surface area contributed by atoms with Gasteiger partial charge >= 0.3 is 0 Å². The molecule has 16 heavy (non-hydrogen) atoms. The first-order valence-electron chi connectivity index (χ1n) is 5.23. The summed E-state index contributed by atoms with van der Waals surface area (Å²) >= 11 is 0. The van der Waals surface area contributed by atoms with Crippen LogP contribution in [0.15, 0.2) is 12.4 Å². The summed E-state index contributed by atoms with van der Waals surface area (Å²) in [6, 6.07) is 0. The van der Waals surface area contributed by atoms with Gasteiger partial charge < -0.3 is 10.0 Å². The molecule has 0 saturated heterocycles. The molecule has 1 unspecified atom stereocenters. The molecule has 0 aliphatic rings. The second kappa shape index (κ2) is 5.55. The Bertz CT molecular complexity index is 349. The molecule has 0 radical (unpaired) electrons. The van der Waals surface area contributed by atoms with Gasteiger partial charge in [-0.3, -0.25) is 9.78 Å². The lowest BCUT2D eigenvalue weighted by Gasteiger charge is -2.17. The van der Waals surface area contributed by atoms with Crippen molar-refractivity contribution in [3.63, 3.8) is 0 Å². The zero-order valence-electron chi connectivity index (χ0n) is 9.84. The number of aliphatic hydroxyl groups is 1. The monoisotopic (exact) mass is 223 g/mol. The fourth-order valence-corrected chi connectivity index (χ4v) is 1.18. The summed E-state index contributed by atoms with van der Waals surface area (Å²) in [6.07, 6.45) is 3.19. The second-order valence-corrected chi connectivity index (χ2v) is 3.91. The average molecular weight is 223 g/mol. The fraction of sp³-hybridized carbons (Fsp3) is 0.545. The summed E-state index contributed by atoms with van der Waals surface area (Å²) in [5.74, 6) is -0.173. The molecule has 0 spiro atoms. The topological polar surface area (TPSA) is 66.3 Å². The van der Waals surface area contributed by atoms with Gasteiger partial charge in [-0.2, -0.15) is 0 Å². The van der Waals surface area contributed by atoms with Crippen LogP contribution in [0.5, 0.6) is 0 Å². The van der Waals surface area contributed by atoms with E-state index < -0.39 is 6.10 Å². The van der Waals surface area contributed by atoms with Crippen molar-refractivity contribution in [2.24, 2.45) is 0 Å². The number of carbonyl (C=O) groups is 1. The number of aliphatic hydroxyl groups excluding tert-OH is 1. The first-order chi connectivity index (χ1) is 7.50. The third kappa shape index (κ3) is 3.58. The van der Waals surface area contributed by atoms with Gasteiger partial charge in [0.2, 0.25) is 0 Å². The van der Waals surface area contributed by atoms with E-state index in [-0.39, 0.29) is 5.91 Å². The first kappa shape index (κ1) is 12.6. The van der Waals surface area contributed by atoms with Gasteiger partial charge in [-0.15, -0.1) is 0 Å². The Balaban J connectivity index is 2.60. The van der Waals surface area contributed by atoms with Gasteiger partial charge in [-0.1, -0.05) is 0 Å². The number of rotatable bonds is 4. The Morgan fingerprint density at radius 2 is 2.19 bits per heavy atom. The van der Waals surface area contributed by atoms with Gasteiger partial charge in [0.25, 0.3) is 5.91 Å². The van der Waals surface area contributed by atoms with Gasteiger partial charge in [0.1, 0.15) is 5.69 Å². The molecule has 0 saturated carbocycles. The van der Waals surface area contributed by atoms with Crippen LogP contribution in [-0.4, -0.2) is 45.6 Å². The van der Waals surface area contributed by atoms with Crippen LogP contribution in [0.2, 0.25) is 0 Å². The minimum atomic E-state index is -0.403. The Labute approximate surface area is 95.1 Å². The smallest absolute Gasteiger partial charge is 0.273 e. The maximum Gasteiger partial charge on any atom is 0.273 e. The SMILES string of the molecule is Cc1cnc(C(=O)N(C)CCC(C)O)cn1. The molecule has 1 aromatic rings. The van der Waals surface area contributed by atoms with Crippen LogP contribution < -0.4 is 0 Å². The first-order valence-corrected chi connectivity index (χ1v) is 5.23. The van der Waals surface area contributed by atoms with E-state index in [2.05, 4.69) is 9.97 Å². The maximum atomic E-state index is 11.8. The summed E-state index contributed by atoms with van der Waals surface area (Å²) in [6.45, 7) is 4.02. The molecule has 1 heterocycles. The molecule has 1 atom stereocenters. The van der Waals surface area contributed by atoms with Crippen LogP contribution in [0.1, 0.15) is 29.5 Å². The molecule has 0 bridgehead atoms. The summed E-state index contributed by atoms with van der Waals surface area (Å²) in [5, 5.41) is 9.12. The van der Waals surface area contributed by atoms with Crippen molar-refractivity contribution >= 4 is 5.91 Å². The van der Waals surface area contributed by atoms with Gasteiger partial charge in [-0.25, -0.2) is 4.98 Å². The molecule has 1 N–H and O–H groups in total. The number of nitrogens with zero attached hydrogens (tertiary/aromatic N) is 3. The third-order valence-corrected chi connectivity index (χ3v) is 2.23. The van der Waals surface area contributed by atoms with E-state index in [1.807, 2.05) is 6.92 Å². The highest BCUT2D eigenvalue weighted by Crippen LogP contribution is 2.01. The molecule has 1 aromatic heterocycles. The summed E-state index contributed by atoms with van der Waals surface area (Å²) in [4.78, 5) is 21.4. The fourth-order valence-electron chi connectivity index (χ4n) is 1.18. The molecule has 1 amide bonds. The van der Waals surface area contributed by atoms with E-state index in [0.717, 1.165) is 5.69 Å².